The minimum Gasteiger partial charge on any atom is -0.436 e. The van der Waals surface area contributed by atoms with E-state index in [1.54, 1.807) is 0 Å². The molecule has 0 N–H and O–H groups in total. The van der Waals surface area contributed by atoms with E-state index in [2.05, 4.69) is 152 Å². The van der Waals surface area contributed by atoms with Crippen molar-refractivity contribution in [3.05, 3.63) is 176 Å². The normalized spacial score (nSPS) is 11.5. The van der Waals surface area contributed by atoms with Crippen LogP contribution < -0.4 is 0 Å². The van der Waals surface area contributed by atoms with Gasteiger partial charge in [-0.25, -0.2) is 15.0 Å². The van der Waals surface area contributed by atoms with Crippen LogP contribution in [0.1, 0.15) is 0 Å². The molecule has 0 saturated carbocycles. The number of aromatic nitrogens is 3. The number of fused-ring (bicyclic) bond motifs is 4. The zero-order chi connectivity index (χ0) is 33.7. The SMILES string of the molecule is c1ccc(-c2nc(-c3ccccc3-c3c(-c4cccc5oc(-c6cccc7ccccc67)nc45)ccc4ccccc34)nc3ccccc23)cc1. The van der Waals surface area contributed by atoms with Crippen LogP contribution in [0.5, 0.6) is 0 Å². The molecule has 8 aromatic carbocycles. The predicted octanol–water partition coefficient (Wildman–Crippen LogP) is 12.4. The van der Waals surface area contributed by atoms with Gasteiger partial charge in [-0.15, -0.1) is 0 Å². The first kappa shape index (κ1) is 29.0. The maximum Gasteiger partial charge on any atom is 0.227 e. The van der Waals surface area contributed by atoms with Crippen LogP contribution in [-0.4, -0.2) is 15.0 Å². The Hall–Kier alpha value is -6.91. The van der Waals surface area contributed by atoms with Crippen LogP contribution in [0.2, 0.25) is 0 Å². The fraction of sp³-hybridized carbons (Fsp3) is 0. The number of hydrogen-bond acceptors (Lipinski definition) is 4. The first-order valence-corrected chi connectivity index (χ1v) is 17.1. The monoisotopic (exact) mass is 651 g/mol. The molecule has 0 fully saturated rings. The first-order chi connectivity index (χ1) is 25.3. The smallest absolute Gasteiger partial charge is 0.227 e. The van der Waals surface area contributed by atoms with Crippen molar-refractivity contribution in [1.29, 1.82) is 0 Å². The zero-order valence-corrected chi connectivity index (χ0v) is 27.5. The van der Waals surface area contributed by atoms with Gasteiger partial charge in [0.25, 0.3) is 0 Å². The zero-order valence-electron chi connectivity index (χ0n) is 27.5. The molecule has 4 heteroatoms. The molecule has 0 bridgehead atoms. The summed E-state index contributed by atoms with van der Waals surface area (Å²) in [5.74, 6) is 1.29. The fourth-order valence-corrected chi connectivity index (χ4v) is 7.39. The van der Waals surface area contributed by atoms with Crippen LogP contribution in [0.25, 0.3) is 99.9 Å². The van der Waals surface area contributed by atoms with Crippen molar-refractivity contribution in [2.24, 2.45) is 0 Å². The number of para-hydroxylation sites is 2. The molecule has 0 aliphatic heterocycles. The third-order valence-electron chi connectivity index (χ3n) is 9.75. The van der Waals surface area contributed by atoms with Gasteiger partial charge >= 0.3 is 0 Å². The molecule has 0 radical (unpaired) electrons. The van der Waals surface area contributed by atoms with Crippen LogP contribution in [0, 0.1) is 0 Å². The molecule has 0 spiro atoms. The maximum absolute atomic E-state index is 6.52. The summed E-state index contributed by atoms with van der Waals surface area (Å²) in [7, 11) is 0. The lowest BCUT2D eigenvalue weighted by atomic mass is 9.87. The van der Waals surface area contributed by atoms with Gasteiger partial charge in [-0.3, -0.25) is 0 Å². The Labute approximate surface area is 294 Å². The second-order valence-corrected chi connectivity index (χ2v) is 12.7. The minimum absolute atomic E-state index is 0.606. The summed E-state index contributed by atoms with van der Waals surface area (Å²) in [5, 5.41) is 5.58. The Kier molecular flexibility index (Phi) is 6.78. The number of hydrogen-bond donors (Lipinski definition) is 0. The van der Waals surface area contributed by atoms with E-state index in [4.69, 9.17) is 19.4 Å². The molecular weight excluding hydrogens is 623 g/mol. The second kappa shape index (κ2) is 11.9. The van der Waals surface area contributed by atoms with E-state index in [1.165, 1.54) is 0 Å². The lowest BCUT2D eigenvalue weighted by molar-refractivity contribution is 0.620. The summed E-state index contributed by atoms with van der Waals surface area (Å²) in [6, 6.07) is 60.9. The minimum atomic E-state index is 0.606. The van der Waals surface area contributed by atoms with E-state index in [0.717, 1.165) is 88.2 Å². The largest absolute Gasteiger partial charge is 0.436 e. The molecule has 0 aliphatic rings. The molecule has 0 atom stereocenters. The maximum atomic E-state index is 6.52. The van der Waals surface area contributed by atoms with E-state index < -0.39 is 0 Å². The summed E-state index contributed by atoms with van der Waals surface area (Å²) < 4.78 is 6.52. The summed E-state index contributed by atoms with van der Waals surface area (Å²) >= 11 is 0. The van der Waals surface area contributed by atoms with Crippen LogP contribution in [-0.2, 0) is 0 Å². The van der Waals surface area contributed by atoms with E-state index >= 15 is 0 Å². The predicted molar refractivity (Wildman–Crippen MR) is 209 cm³/mol. The van der Waals surface area contributed by atoms with Crippen molar-refractivity contribution in [3.63, 3.8) is 0 Å². The van der Waals surface area contributed by atoms with Crippen molar-refractivity contribution < 1.29 is 4.42 Å². The van der Waals surface area contributed by atoms with E-state index in [9.17, 15) is 0 Å². The summed E-state index contributed by atoms with van der Waals surface area (Å²) in [6.45, 7) is 0. The van der Waals surface area contributed by atoms with Gasteiger partial charge < -0.3 is 4.42 Å². The standard InChI is InChI=1S/C47H29N3O/c1-2-16-32(17-3-1)44-40-23-10-11-26-41(40)48-46(49-44)38-22-9-8-21-35(38)43-34-20-7-5-15-31(34)28-29-36(43)37-24-13-27-42-45(37)50-47(51-42)39-25-12-18-30-14-4-6-19-33(30)39/h1-29H. The van der Waals surface area contributed by atoms with Crippen LogP contribution in [0.15, 0.2) is 180 Å². The third-order valence-corrected chi connectivity index (χ3v) is 9.75. The molecule has 0 saturated heterocycles. The van der Waals surface area contributed by atoms with Crippen LogP contribution in [0.4, 0.5) is 0 Å². The van der Waals surface area contributed by atoms with Crippen LogP contribution >= 0.6 is 0 Å². The molecule has 0 amide bonds. The highest BCUT2D eigenvalue weighted by Gasteiger charge is 2.22. The molecule has 10 rings (SSSR count). The summed E-state index contributed by atoms with van der Waals surface area (Å²) in [6.07, 6.45) is 0. The van der Waals surface area contributed by atoms with E-state index in [-0.39, 0.29) is 0 Å². The molecule has 4 nitrogen and oxygen atoms in total. The van der Waals surface area contributed by atoms with Gasteiger partial charge in [0, 0.05) is 27.6 Å². The highest BCUT2D eigenvalue weighted by Crippen LogP contribution is 2.45. The number of nitrogens with zero attached hydrogens (tertiary/aromatic N) is 3. The van der Waals surface area contributed by atoms with Crippen molar-refractivity contribution in [3.8, 4) is 56.4 Å². The van der Waals surface area contributed by atoms with Crippen molar-refractivity contribution in [1.82, 2.24) is 15.0 Å². The Morgan fingerprint density at radius 2 is 1.00 bits per heavy atom. The van der Waals surface area contributed by atoms with Crippen molar-refractivity contribution >= 4 is 43.5 Å². The average molecular weight is 652 g/mol. The highest BCUT2D eigenvalue weighted by atomic mass is 16.3. The molecular formula is C47H29N3O. The Balaban J connectivity index is 1.22. The van der Waals surface area contributed by atoms with Crippen molar-refractivity contribution in [2.75, 3.05) is 0 Å². The van der Waals surface area contributed by atoms with Gasteiger partial charge in [-0.2, -0.15) is 0 Å². The molecule has 51 heavy (non-hydrogen) atoms. The molecule has 0 aliphatic carbocycles. The fourth-order valence-electron chi connectivity index (χ4n) is 7.39. The quantitative estimate of drug-likeness (QED) is 0.186. The van der Waals surface area contributed by atoms with E-state index in [0.29, 0.717) is 11.7 Å². The highest BCUT2D eigenvalue weighted by molar-refractivity contribution is 6.10. The van der Waals surface area contributed by atoms with Gasteiger partial charge in [-0.05, 0) is 56.4 Å². The molecule has 2 heterocycles. The Bertz CT molecular complexity index is 2920. The number of oxazole rings is 1. The number of rotatable bonds is 5. The topological polar surface area (TPSA) is 51.8 Å². The first-order valence-electron chi connectivity index (χ1n) is 17.1. The van der Waals surface area contributed by atoms with Gasteiger partial charge in [0.15, 0.2) is 11.4 Å². The molecule has 2 aromatic heterocycles. The van der Waals surface area contributed by atoms with Crippen molar-refractivity contribution in [2.45, 2.75) is 0 Å². The van der Waals surface area contributed by atoms with Gasteiger partial charge in [0.2, 0.25) is 5.89 Å². The van der Waals surface area contributed by atoms with E-state index in [1.807, 2.05) is 24.3 Å². The summed E-state index contributed by atoms with van der Waals surface area (Å²) in [5.41, 5.74) is 10.6. The van der Waals surface area contributed by atoms with Crippen LogP contribution in [0.3, 0.4) is 0 Å². The van der Waals surface area contributed by atoms with Gasteiger partial charge in [-0.1, -0.05) is 158 Å². The van der Waals surface area contributed by atoms with Gasteiger partial charge in [0.05, 0.1) is 11.2 Å². The van der Waals surface area contributed by atoms with Gasteiger partial charge in [0.1, 0.15) is 5.52 Å². The lowest BCUT2D eigenvalue weighted by Crippen LogP contribution is -1.98. The number of benzene rings is 8. The Morgan fingerprint density at radius 3 is 1.86 bits per heavy atom. The molecule has 0 unspecified atom stereocenters. The lowest BCUT2D eigenvalue weighted by Gasteiger charge is -2.18. The molecule has 238 valence electrons. The average Bonchev–Trinajstić information content (AvgIpc) is 3.65. The second-order valence-electron chi connectivity index (χ2n) is 12.7. The Morgan fingerprint density at radius 1 is 0.373 bits per heavy atom. The third kappa shape index (κ3) is 4.88. The molecule has 10 aromatic rings. The summed E-state index contributed by atoms with van der Waals surface area (Å²) in [4.78, 5) is 15.6.